The number of benzene rings is 1. The SMILES string of the molecule is N#Cc1c(CCCNC(=O)C2CCN(C(=O)c3cccs3)CC2)nn(-c2ccc(F)cc2)c1N. The molecule has 4 rings (SSSR count). The average molecular weight is 481 g/mol. The van der Waals surface area contributed by atoms with Crippen molar-refractivity contribution in [1.29, 1.82) is 5.26 Å². The lowest BCUT2D eigenvalue weighted by Gasteiger charge is -2.31. The maximum atomic E-state index is 13.2. The number of piperidine rings is 1. The van der Waals surface area contributed by atoms with Gasteiger partial charge in [-0.15, -0.1) is 11.3 Å². The molecule has 176 valence electrons. The van der Waals surface area contributed by atoms with Crippen LogP contribution in [0.15, 0.2) is 41.8 Å². The van der Waals surface area contributed by atoms with E-state index in [9.17, 15) is 19.2 Å². The number of aromatic nitrogens is 2. The summed E-state index contributed by atoms with van der Waals surface area (Å²) in [4.78, 5) is 27.5. The summed E-state index contributed by atoms with van der Waals surface area (Å²) in [5, 5.41) is 18.8. The number of nitriles is 1. The van der Waals surface area contributed by atoms with E-state index in [2.05, 4.69) is 16.5 Å². The minimum atomic E-state index is -0.370. The van der Waals surface area contributed by atoms with Crippen LogP contribution in [0.25, 0.3) is 5.69 Å². The Morgan fingerprint density at radius 1 is 1.24 bits per heavy atom. The second kappa shape index (κ2) is 10.5. The summed E-state index contributed by atoms with van der Waals surface area (Å²) in [6.07, 6.45) is 2.34. The molecular weight excluding hydrogens is 455 g/mol. The molecule has 2 aromatic heterocycles. The number of nitrogen functional groups attached to an aromatic ring is 1. The van der Waals surface area contributed by atoms with Crippen LogP contribution >= 0.6 is 11.3 Å². The van der Waals surface area contributed by atoms with Crippen molar-refractivity contribution in [3.63, 3.8) is 0 Å². The highest BCUT2D eigenvalue weighted by atomic mass is 32.1. The number of nitrogens with two attached hydrogens (primary N) is 1. The lowest BCUT2D eigenvalue weighted by atomic mass is 9.95. The van der Waals surface area contributed by atoms with Gasteiger partial charge in [0.25, 0.3) is 5.91 Å². The van der Waals surface area contributed by atoms with Gasteiger partial charge in [-0.2, -0.15) is 10.4 Å². The first kappa shape index (κ1) is 23.4. The normalized spacial score (nSPS) is 14.1. The molecule has 8 nitrogen and oxygen atoms in total. The lowest BCUT2D eigenvalue weighted by Crippen LogP contribution is -2.43. The second-order valence-electron chi connectivity index (χ2n) is 8.15. The van der Waals surface area contributed by atoms with Crippen LogP contribution in [0.2, 0.25) is 0 Å². The molecule has 1 aliphatic heterocycles. The largest absolute Gasteiger partial charge is 0.382 e. The van der Waals surface area contributed by atoms with Crippen LogP contribution in [0.5, 0.6) is 0 Å². The molecular formula is C24H25FN6O2S. The summed E-state index contributed by atoms with van der Waals surface area (Å²) >= 11 is 1.43. The number of nitrogens with zero attached hydrogens (tertiary/aromatic N) is 4. The number of thiophene rings is 1. The zero-order valence-corrected chi connectivity index (χ0v) is 19.4. The molecule has 1 aromatic carbocycles. The lowest BCUT2D eigenvalue weighted by molar-refractivity contribution is -0.126. The molecule has 0 spiro atoms. The Balaban J connectivity index is 1.26. The van der Waals surface area contributed by atoms with Crippen molar-refractivity contribution in [2.45, 2.75) is 25.7 Å². The van der Waals surface area contributed by atoms with Crippen molar-refractivity contribution in [1.82, 2.24) is 20.0 Å². The van der Waals surface area contributed by atoms with Crippen LogP contribution in [-0.2, 0) is 11.2 Å². The fourth-order valence-electron chi connectivity index (χ4n) is 4.07. The van der Waals surface area contributed by atoms with E-state index in [1.165, 1.54) is 28.2 Å². The molecule has 3 heterocycles. The van der Waals surface area contributed by atoms with Crippen LogP contribution < -0.4 is 11.1 Å². The fourth-order valence-corrected chi connectivity index (χ4v) is 4.76. The number of hydrogen-bond donors (Lipinski definition) is 2. The Labute approximate surface area is 200 Å². The third-order valence-corrected chi connectivity index (χ3v) is 6.81. The number of likely N-dealkylation sites (tertiary alicyclic amines) is 1. The number of aryl methyl sites for hydroxylation is 1. The van der Waals surface area contributed by atoms with Gasteiger partial charge in [0.1, 0.15) is 23.3 Å². The molecule has 3 N–H and O–H groups in total. The summed E-state index contributed by atoms with van der Waals surface area (Å²) in [6, 6.07) is 11.5. The molecule has 0 bridgehead atoms. The van der Waals surface area contributed by atoms with Crippen LogP contribution in [0.1, 0.15) is 40.2 Å². The quantitative estimate of drug-likeness (QED) is 0.504. The molecule has 0 radical (unpaired) electrons. The molecule has 2 amide bonds. The van der Waals surface area contributed by atoms with Gasteiger partial charge in [-0.1, -0.05) is 6.07 Å². The van der Waals surface area contributed by atoms with E-state index in [4.69, 9.17) is 5.73 Å². The van der Waals surface area contributed by atoms with Crippen LogP contribution in [0, 0.1) is 23.1 Å². The van der Waals surface area contributed by atoms with Crippen molar-refractivity contribution in [2.75, 3.05) is 25.4 Å². The van der Waals surface area contributed by atoms with Crippen molar-refractivity contribution >= 4 is 29.0 Å². The molecule has 3 aromatic rings. The summed E-state index contributed by atoms with van der Waals surface area (Å²) in [5.41, 5.74) is 7.48. The van der Waals surface area contributed by atoms with E-state index in [1.807, 2.05) is 17.5 Å². The monoisotopic (exact) mass is 480 g/mol. The van der Waals surface area contributed by atoms with Crippen molar-refractivity contribution in [3.05, 3.63) is 63.7 Å². The van der Waals surface area contributed by atoms with Crippen molar-refractivity contribution < 1.29 is 14.0 Å². The predicted octanol–water partition coefficient (Wildman–Crippen LogP) is 3.13. The Morgan fingerprint density at radius 3 is 2.62 bits per heavy atom. The van der Waals surface area contributed by atoms with Gasteiger partial charge < -0.3 is 16.0 Å². The van der Waals surface area contributed by atoms with Crippen molar-refractivity contribution in [3.8, 4) is 11.8 Å². The third-order valence-electron chi connectivity index (χ3n) is 5.95. The van der Waals surface area contributed by atoms with Crippen molar-refractivity contribution in [2.24, 2.45) is 5.92 Å². The van der Waals surface area contributed by atoms with Gasteiger partial charge in [0.2, 0.25) is 5.91 Å². The van der Waals surface area contributed by atoms with E-state index >= 15 is 0 Å². The van der Waals surface area contributed by atoms with Crippen LogP contribution in [0.3, 0.4) is 0 Å². The highest BCUT2D eigenvalue weighted by Gasteiger charge is 2.28. The van der Waals surface area contributed by atoms with Gasteiger partial charge in [0.15, 0.2) is 0 Å². The van der Waals surface area contributed by atoms with Gasteiger partial charge in [-0.25, -0.2) is 9.07 Å². The highest BCUT2D eigenvalue weighted by molar-refractivity contribution is 7.12. The Morgan fingerprint density at radius 2 is 1.97 bits per heavy atom. The molecule has 10 heteroatoms. The summed E-state index contributed by atoms with van der Waals surface area (Å²) in [6.45, 7) is 1.59. The average Bonchev–Trinajstić information content (AvgIpc) is 3.50. The highest BCUT2D eigenvalue weighted by Crippen LogP contribution is 2.23. The number of anilines is 1. The molecule has 0 aliphatic carbocycles. The Kier molecular flexibility index (Phi) is 7.23. The van der Waals surface area contributed by atoms with Gasteiger partial charge in [-0.05, 0) is 61.4 Å². The zero-order valence-electron chi connectivity index (χ0n) is 18.5. The first-order valence-electron chi connectivity index (χ1n) is 11.1. The number of carbonyl (C=O) groups is 2. The topological polar surface area (TPSA) is 117 Å². The molecule has 0 saturated carbocycles. The predicted molar refractivity (Wildman–Crippen MR) is 127 cm³/mol. The first-order chi connectivity index (χ1) is 16.5. The Hall–Kier alpha value is -3.71. The minimum Gasteiger partial charge on any atom is -0.382 e. The molecule has 1 saturated heterocycles. The van der Waals surface area contributed by atoms with Gasteiger partial charge in [0, 0.05) is 25.6 Å². The summed E-state index contributed by atoms with van der Waals surface area (Å²) in [5.74, 6) is -0.264. The van der Waals surface area contributed by atoms with Crippen LogP contribution in [0.4, 0.5) is 10.2 Å². The first-order valence-corrected chi connectivity index (χ1v) is 12.0. The van der Waals surface area contributed by atoms with E-state index in [0.717, 1.165) is 4.88 Å². The second-order valence-corrected chi connectivity index (χ2v) is 9.09. The molecule has 1 fully saturated rings. The maximum absolute atomic E-state index is 13.2. The third kappa shape index (κ3) is 5.10. The van der Waals surface area contributed by atoms with E-state index in [0.29, 0.717) is 62.3 Å². The molecule has 34 heavy (non-hydrogen) atoms. The molecule has 0 unspecified atom stereocenters. The fraction of sp³-hybridized carbons (Fsp3) is 0.333. The van der Waals surface area contributed by atoms with Gasteiger partial charge in [0.05, 0.1) is 16.3 Å². The minimum absolute atomic E-state index is 0.0138. The summed E-state index contributed by atoms with van der Waals surface area (Å²) in [7, 11) is 0. The zero-order chi connectivity index (χ0) is 24.1. The maximum Gasteiger partial charge on any atom is 0.263 e. The standard InChI is InChI=1S/C24H25FN6O2S/c25-17-5-7-18(8-6-17)31-22(27)19(15-26)20(29-31)3-1-11-28-23(32)16-9-12-30(13-10-16)24(33)21-4-2-14-34-21/h2,4-8,14,16H,1,3,9-13,27H2,(H,28,32). The smallest absolute Gasteiger partial charge is 0.263 e. The van der Waals surface area contributed by atoms with E-state index < -0.39 is 0 Å². The summed E-state index contributed by atoms with van der Waals surface area (Å²) < 4.78 is 14.6. The van der Waals surface area contributed by atoms with Crippen LogP contribution in [-0.4, -0.2) is 46.1 Å². The van der Waals surface area contributed by atoms with Gasteiger partial charge in [-0.3, -0.25) is 9.59 Å². The number of carbonyl (C=O) groups excluding carboxylic acids is 2. The number of rotatable bonds is 7. The Bertz CT molecular complexity index is 1190. The molecule has 1 aliphatic rings. The number of halogens is 1. The molecule has 0 atom stereocenters. The van der Waals surface area contributed by atoms with Gasteiger partial charge >= 0.3 is 0 Å². The van der Waals surface area contributed by atoms with E-state index in [-0.39, 0.29) is 29.4 Å². The number of amides is 2. The van der Waals surface area contributed by atoms with E-state index in [1.54, 1.807) is 17.0 Å². The number of hydrogen-bond acceptors (Lipinski definition) is 6. The number of nitrogens with one attached hydrogen (secondary N) is 1.